The van der Waals surface area contributed by atoms with E-state index in [2.05, 4.69) is 5.32 Å². The standard InChI is InChI=1S/C22H27N3O5/c1-3-29-17-9-10-21(30-4-2)18(15-17)23-22(26)16-11-13-24(14-12-16)19-7-5-6-8-20(19)25(27)28/h5-10,15-16H,3-4,11-14H2,1-2H3,(H,23,26). The van der Waals surface area contributed by atoms with Gasteiger partial charge in [0.25, 0.3) is 5.69 Å². The van der Waals surface area contributed by atoms with Crippen molar-refractivity contribution in [2.45, 2.75) is 26.7 Å². The van der Waals surface area contributed by atoms with Crippen LogP contribution in [0.1, 0.15) is 26.7 Å². The second-order valence-electron chi connectivity index (χ2n) is 7.02. The van der Waals surface area contributed by atoms with Gasteiger partial charge in [0.05, 0.1) is 23.8 Å². The summed E-state index contributed by atoms with van der Waals surface area (Å²) in [5.41, 5.74) is 1.29. The van der Waals surface area contributed by atoms with Gasteiger partial charge in [-0.2, -0.15) is 0 Å². The second-order valence-corrected chi connectivity index (χ2v) is 7.02. The molecule has 1 heterocycles. The minimum absolute atomic E-state index is 0.0770. The molecule has 1 amide bonds. The first-order valence-electron chi connectivity index (χ1n) is 10.2. The molecule has 0 radical (unpaired) electrons. The van der Waals surface area contributed by atoms with E-state index in [1.165, 1.54) is 6.07 Å². The van der Waals surface area contributed by atoms with Gasteiger partial charge in [-0.15, -0.1) is 0 Å². The largest absolute Gasteiger partial charge is 0.494 e. The van der Waals surface area contributed by atoms with Crippen molar-refractivity contribution >= 4 is 23.0 Å². The minimum atomic E-state index is -0.366. The van der Waals surface area contributed by atoms with Crippen molar-refractivity contribution in [1.29, 1.82) is 0 Å². The number of nitrogens with one attached hydrogen (secondary N) is 1. The molecular formula is C22H27N3O5. The van der Waals surface area contributed by atoms with E-state index < -0.39 is 0 Å². The van der Waals surface area contributed by atoms with Crippen LogP contribution < -0.4 is 19.7 Å². The summed E-state index contributed by atoms with van der Waals surface area (Å²) < 4.78 is 11.2. The van der Waals surface area contributed by atoms with Crippen LogP contribution in [0, 0.1) is 16.0 Å². The number of nitrogens with zero attached hydrogens (tertiary/aromatic N) is 2. The highest BCUT2D eigenvalue weighted by Gasteiger charge is 2.28. The molecule has 0 unspecified atom stereocenters. The fourth-order valence-electron chi connectivity index (χ4n) is 3.65. The smallest absolute Gasteiger partial charge is 0.292 e. The lowest BCUT2D eigenvalue weighted by Gasteiger charge is -2.32. The molecule has 0 atom stereocenters. The highest BCUT2D eigenvalue weighted by Crippen LogP contribution is 2.33. The van der Waals surface area contributed by atoms with E-state index in [1.54, 1.807) is 30.3 Å². The van der Waals surface area contributed by atoms with E-state index in [-0.39, 0.29) is 22.4 Å². The first-order valence-corrected chi connectivity index (χ1v) is 10.2. The molecule has 0 bridgehead atoms. The fraction of sp³-hybridized carbons (Fsp3) is 0.409. The summed E-state index contributed by atoms with van der Waals surface area (Å²) in [6.45, 7) is 5.98. The number of piperidine rings is 1. The maximum atomic E-state index is 12.9. The van der Waals surface area contributed by atoms with Crippen LogP contribution in [0.3, 0.4) is 0 Å². The van der Waals surface area contributed by atoms with Gasteiger partial charge in [-0.3, -0.25) is 14.9 Å². The van der Waals surface area contributed by atoms with Crippen molar-refractivity contribution in [2.24, 2.45) is 5.92 Å². The molecule has 2 aromatic carbocycles. The summed E-state index contributed by atoms with van der Waals surface area (Å²) in [5.74, 6) is 1.02. The van der Waals surface area contributed by atoms with Gasteiger partial charge in [0.1, 0.15) is 17.2 Å². The molecule has 30 heavy (non-hydrogen) atoms. The lowest BCUT2D eigenvalue weighted by Crippen LogP contribution is -2.38. The maximum absolute atomic E-state index is 12.9. The molecular weight excluding hydrogens is 386 g/mol. The van der Waals surface area contributed by atoms with E-state index >= 15 is 0 Å². The minimum Gasteiger partial charge on any atom is -0.494 e. The predicted molar refractivity (Wildman–Crippen MR) is 115 cm³/mol. The van der Waals surface area contributed by atoms with Crippen molar-refractivity contribution in [3.05, 3.63) is 52.6 Å². The van der Waals surface area contributed by atoms with Crippen molar-refractivity contribution in [3.63, 3.8) is 0 Å². The summed E-state index contributed by atoms with van der Waals surface area (Å²) in [7, 11) is 0. The Balaban J connectivity index is 1.66. The Morgan fingerprint density at radius 1 is 1.13 bits per heavy atom. The van der Waals surface area contributed by atoms with E-state index in [1.807, 2.05) is 24.8 Å². The highest BCUT2D eigenvalue weighted by molar-refractivity contribution is 5.94. The van der Waals surface area contributed by atoms with Crippen LogP contribution >= 0.6 is 0 Å². The van der Waals surface area contributed by atoms with Crippen molar-refractivity contribution in [2.75, 3.05) is 36.5 Å². The molecule has 1 aliphatic heterocycles. The molecule has 8 heteroatoms. The fourth-order valence-corrected chi connectivity index (χ4v) is 3.65. The second kappa shape index (κ2) is 9.96. The molecule has 0 saturated carbocycles. The number of carbonyl (C=O) groups excluding carboxylic acids is 1. The number of benzene rings is 2. The molecule has 2 aromatic rings. The molecule has 8 nitrogen and oxygen atoms in total. The topological polar surface area (TPSA) is 93.9 Å². The predicted octanol–water partition coefficient (Wildman–Crippen LogP) is 4.25. The zero-order valence-electron chi connectivity index (χ0n) is 17.3. The lowest BCUT2D eigenvalue weighted by molar-refractivity contribution is -0.384. The number of ether oxygens (including phenoxy) is 2. The Hall–Kier alpha value is -3.29. The van der Waals surface area contributed by atoms with Crippen LogP contribution in [0.25, 0.3) is 0 Å². The Bertz CT molecular complexity index is 894. The third kappa shape index (κ3) is 5.00. The van der Waals surface area contributed by atoms with Gasteiger partial charge in [0, 0.05) is 31.1 Å². The molecule has 0 aromatic heterocycles. The molecule has 1 aliphatic rings. The number of para-hydroxylation sites is 2. The van der Waals surface area contributed by atoms with Gasteiger partial charge in [0.2, 0.25) is 5.91 Å². The SMILES string of the molecule is CCOc1ccc(OCC)c(NC(=O)C2CCN(c3ccccc3[N+](=O)[O-])CC2)c1. The third-order valence-corrected chi connectivity index (χ3v) is 5.10. The van der Waals surface area contributed by atoms with Gasteiger partial charge in [0.15, 0.2) is 0 Å². The van der Waals surface area contributed by atoms with E-state index in [9.17, 15) is 14.9 Å². The Labute approximate surface area is 175 Å². The van der Waals surface area contributed by atoms with Crippen LogP contribution in [0.4, 0.5) is 17.1 Å². The summed E-state index contributed by atoms with van der Waals surface area (Å²) in [6.07, 6.45) is 1.24. The van der Waals surface area contributed by atoms with Crippen LogP contribution in [-0.4, -0.2) is 37.1 Å². The van der Waals surface area contributed by atoms with Gasteiger partial charge in [-0.25, -0.2) is 0 Å². The van der Waals surface area contributed by atoms with Crippen LogP contribution in [-0.2, 0) is 4.79 Å². The first kappa shape index (κ1) is 21.4. The number of anilines is 2. The van der Waals surface area contributed by atoms with Gasteiger partial charge in [-0.1, -0.05) is 12.1 Å². The summed E-state index contributed by atoms with van der Waals surface area (Å²) in [4.78, 5) is 25.8. The van der Waals surface area contributed by atoms with Gasteiger partial charge < -0.3 is 19.7 Å². The number of nitro benzene ring substituents is 1. The highest BCUT2D eigenvalue weighted by atomic mass is 16.6. The third-order valence-electron chi connectivity index (χ3n) is 5.10. The quantitative estimate of drug-likeness (QED) is 0.514. The van der Waals surface area contributed by atoms with Crippen molar-refractivity contribution in [1.82, 2.24) is 0 Å². The molecule has 1 N–H and O–H groups in total. The number of carbonyl (C=O) groups is 1. The zero-order valence-corrected chi connectivity index (χ0v) is 17.3. The average molecular weight is 413 g/mol. The van der Waals surface area contributed by atoms with Gasteiger partial charge in [-0.05, 0) is 44.9 Å². The van der Waals surface area contributed by atoms with E-state index in [4.69, 9.17) is 9.47 Å². The Morgan fingerprint density at radius 2 is 1.83 bits per heavy atom. The summed E-state index contributed by atoms with van der Waals surface area (Å²) in [6, 6.07) is 12.1. The molecule has 1 saturated heterocycles. The van der Waals surface area contributed by atoms with Crippen LogP contribution in [0.2, 0.25) is 0 Å². The van der Waals surface area contributed by atoms with Gasteiger partial charge >= 0.3 is 0 Å². The number of nitro groups is 1. The number of amides is 1. The lowest BCUT2D eigenvalue weighted by atomic mass is 9.95. The van der Waals surface area contributed by atoms with Crippen molar-refractivity contribution < 1.29 is 19.2 Å². The normalized spacial score (nSPS) is 14.3. The molecule has 1 fully saturated rings. The Morgan fingerprint density at radius 3 is 2.50 bits per heavy atom. The van der Waals surface area contributed by atoms with Crippen LogP contribution in [0.5, 0.6) is 11.5 Å². The average Bonchev–Trinajstić information content (AvgIpc) is 2.76. The van der Waals surface area contributed by atoms with Crippen molar-refractivity contribution in [3.8, 4) is 11.5 Å². The van der Waals surface area contributed by atoms with E-state index in [0.717, 1.165) is 0 Å². The maximum Gasteiger partial charge on any atom is 0.292 e. The summed E-state index contributed by atoms with van der Waals surface area (Å²) in [5, 5.41) is 14.3. The molecule has 3 rings (SSSR count). The zero-order chi connectivity index (χ0) is 21.5. The van der Waals surface area contributed by atoms with Crippen LogP contribution in [0.15, 0.2) is 42.5 Å². The Kier molecular flexibility index (Phi) is 7.11. The number of hydrogen-bond donors (Lipinski definition) is 1. The van der Waals surface area contributed by atoms with E-state index in [0.29, 0.717) is 62.0 Å². The summed E-state index contributed by atoms with van der Waals surface area (Å²) >= 11 is 0. The number of hydrogen-bond acceptors (Lipinski definition) is 6. The molecule has 0 spiro atoms. The molecule has 0 aliphatic carbocycles. The number of rotatable bonds is 8. The first-order chi connectivity index (χ1) is 14.5. The monoisotopic (exact) mass is 413 g/mol. The molecule has 160 valence electrons.